The van der Waals surface area contributed by atoms with Gasteiger partial charge in [-0.1, -0.05) is 146 Å². The number of para-hydroxylation sites is 4. The molecule has 0 aliphatic carbocycles. The van der Waals surface area contributed by atoms with E-state index >= 15 is 0 Å². The van der Waals surface area contributed by atoms with E-state index in [4.69, 9.17) is 0 Å². The molecule has 0 bridgehead atoms. The molecule has 6 heteroatoms. The molecule has 0 fully saturated rings. The Balaban J connectivity index is 0.000000203. The third-order valence-corrected chi connectivity index (χ3v) is 10.0. The first kappa shape index (κ1) is 37.8. The van der Waals surface area contributed by atoms with Gasteiger partial charge in [0.25, 0.3) is 0 Å². The van der Waals surface area contributed by atoms with Crippen LogP contribution in [0.2, 0.25) is 0 Å². The van der Waals surface area contributed by atoms with Gasteiger partial charge in [-0.15, -0.1) is 6.67 Å². The van der Waals surface area contributed by atoms with Crippen molar-refractivity contribution in [3.63, 3.8) is 0 Å². The maximum absolute atomic E-state index is 4.64. The van der Waals surface area contributed by atoms with Gasteiger partial charge >= 0.3 is 17.1 Å². The summed E-state index contributed by atoms with van der Waals surface area (Å²) in [6, 6.07) is 40.6. The van der Waals surface area contributed by atoms with Crippen LogP contribution in [0.1, 0.15) is 101 Å². The van der Waals surface area contributed by atoms with Gasteiger partial charge in [-0.05, 0) is 97.8 Å². The molecule has 0 saturated heterocycles. The van der Waals surface area contributed by atoms with Crippen molar-refractivity contribution < 1.29 is 17.1 Å². The number of anilines is 4. The molecular weight excluding hydrogens is 698 g/mol. The second-order valence-electron chi connectivity index (χ2n) is 14.9. The van der Waals surface area contributed by atoms with Gasteiger partial charge in [0, 0.05) is 28.9 Å². The SMILES string of the molecule is CC(C)c1cccc(C(C)C)c1N1[CH-]N(c2c(C(C)C)cccc2C(C)C)c2ccccc21.[Cu+2].c1ccc(-c2nc3c(ccc4ccccc43)[n-]2)nc1. The first-order valence-electron chi connectivity index (χ1n) is 18.7. The van der Waals surface area contributed by atoms with Crippen molar-refractivity contribution in [3.05, 3.63) is 150 Å². The molecule has 1 aliphatic rings. The van der Waals surface area contributed by atoms with Gasteiger partial charge in [0.2, 0.25) is 0 Å². The number of rotatable bonds is 7. The molecule has 0 atom stereocenters. The van der Waals surface area contributed by atoms with Crippen LogP contribution in [0.3, 0.4) is 0 Å². The van der Waals surface area contributed by atoms with E-state index in [2.05, 4.69) is 166 Å². The molecule has 0 unspecified atom stereocenters. The molecule has 7 aromatic rings. The van der Waals surface area contributed by atoms with Crippen LogP contribution < -0.4 is 14.8 Å². The summed E-state index contributed by atoms with van der Waals surface area (Å²) < 4.78 is 0. The number of imidazole rings is 1. The summed E-state index contributed by atoms with van der Waals surface area (Å²) in [4.78, 5) is 18.4. The Kier molecular flexibility index (Phi) is 11.4. The van der Waals surface area contributed by atoms with Crippen molar-refractivity contribution >= 4 is 44.6 Å². The average Bonchev–Trinajstić information content (AvgIpc) is 3.77. The van der Waals surface area contributed by atoms with Crippen LogP contribution in [-0.2, 0) is 17.1 Å². The van der Waals surface area contributed by atoms with Crippen molar-refractivity contribution in [2.24, 2.45) is 0 Å². The zero-order chi connectivity index (χ0) is 36.5. The molecule has 8 rings (SSSR count). The van der Waals surface area contributed by atoms with Crippen LogP contribution in [0.25, 0.3) is 33.3 Å². The van der Waals surface area contributed by atoms with Crippen molar-refractivity contribution in [3.8, 4) is 11.5 Å². The van der Waals surface area contributed by atoms with Crippen LogP contribution in [-0.4, -0.2) is 9.97 Å². The zero-order valence-electron chi connectivity index (χ0n) is 32.0. The van der Waals surface area contributed by atoms with Gasteiger partial charge in [0.05, 0.1) is 5.69 Å². The summed E-state index contributed by atoms with van der Waals surface area (Å²) in [5, 5.41) is 2.32. The largest absolute Gasteiger partial charge is 2.00 e. The molecule has 53 heavy (non-hydrogen) atoms. The third-order valence-electron chi connectivity index (χ3n) is 10.0. The minimum Gasteiger partial charge on any atom is -0.473 e. The van der Waals surface area contributed by atoms with Gasteiger partial charge in [0.1, 0.15) is 0 Å². The van der Waals surface area contributed by atoms with E-state index in [0.29, 0.717) is 29.5 Å². The fraction of sp³-hybridized carbons (Fsp3) is 0.255. The predicted octanol–water partition coefficient (Wildman–Crippen LogP) is 13.0. The second kappa shape index (κ2) is 16.0. The van der Waals surface area contributed by atoms with Gasteiger partial charge in [-0.2, -0.15) is 0 Å². The molecule has 1 radical (unpaired) electrons. The van der Waals surface area contributed by atoms with Crippen molar-refractivity contribution in [1.29, 1.82) is 0 Å². The number of aromatic nitrogens is 3. The molecule has 5 aromatic carbocycles. The minimum absolute atomic E-state index is 0. The Hall–Kier alpha value is -4.90. The zero-order valence-corrected chi connectivity index (χ0v) is 32.9. The first-order chi connectivity index (χ1) is 25.1. The number of benzene rings is 5. The molecular formula is C47H49CuN5. The maximum atomic E-state index is 4.64. The molecule has 3 heterocycles. The van der Waals surface area contributed by atoms with E-state index in [0.717, 1.165) is 22.1 Å². The van der Waals surface area contributed by atoms with Crippen LogP contribution in [0.4, 0.5) is 22.7 Å². The molecule has 0 N–H and O–H groups in total. The molecule has 273 valence electrons. The number of hydrogen-bond acceptors (Lipinski definition) is 4. The summed E-state index contributed by atoms with van der Waals surface area (Å²) in [5.41, 5.74) is 13.4. The minimum atomic E-state index is 0. The number of pyridine rings is 1. The maximum Gasteiger partial charge on any atom is 2.00 e. The topological polar surface area (TPSA) is 46.4 Å². The fourth-order valence-electron chi connectivity index (χ4n) is 7.35. The van der Waals surface area contributed by atoms with E-state index in [1.54, 1.807) is 6.20 Å². The van der Waals surface area contributed by atoms with E-state index in [9.17, 15) is 0 Å². The monoisotopic (exact) mass is 746 g/mol. The quantitative estimate of drug-likeness (QED) is 0.120. The third kappa shape index (κ3) is 7.36. The molecule has 2 aromatic heterocycles. The standard InChI is InChI=1S/C31H39N2.C16H10N3.Cu/c1-20(2)24-13-11-14-25(21(3)4)30(24)32-19-33(29-18-10-9-17-28(29)32)31-26(22(5)6)15-12-16-27(31)23(7)8;1-2-6-12-11(5-1)8-9-13-15(12)19-16(18-13)14-7-3-4-10-17-14;/h9-23H,1-8H3;1-10H;/q2*-1;+2. The number of hydrogen-bond donors (Lipinski definition) is 0. The molecule has 0 spiro atoms. The molecule has 0 amide bonds. The summed E-state index contributed by atoms with van der Waals surface area (Å²) >= 11 is 0. The van der Waals surface area contributed by atoms with Crippen molar-refractivity contribution in [2.45, 2.75) is 79.1 Å². The van der Waals surface area contributed by atoms with E-state index in [-0.39, 0.29) is 17.1 Å². The fourth-order valence-corrected chi connectivity index (χ4v) is 7.35. The van der Waals surface area contributed by atoms with Crippen molar-refractivity contribution in [1.82, 2.24) is 15.0 Å². The second-order valence-corrected chi connectivity index (χ2v) is 14.9. The van der Waals surface area contributed by atoms with Crippen LogP contribution in [0, 0.1) is 6.67 Å². The number of nitrogens with zero attached hydrogens (tertiary/aromatic N) is 5. The van der Waals surface area contributed by atoms with Crippen LogP contribution >= 0.6 is 0 Å². The Labute approximate surface area is 326 Å². The molecule has 0 saturated carbocycles. The van der Waals surface area contributed by atoms with E-state index < -0.39 is 0 Å². The normalized spacial score (nSPS) is 12.5. The molecule has 5 nitrogen and oxygen atoms in total. The first-order valence-corrected chi connectivity index (χ1v) is 18.7. The Morgan fingerprint density at radius 1 is 0.528 bits per heavy atom. The van der Waals surface area contributed by atoms with Gasteiger partial charge in [0.15, 0.2) is 0 Å². The predicted molar refractivity (Wildman–Crippen MR) is 220 cm³/mol. The smallest absolute Gasteiger partial charge is 0.473 e. The summed E-state index contributed by atoms with van der Waals surface area (Å²) in [7, 11) is 0. The Bertz CT molecular complexity index is 2180. The Morgan fingerprint density at radius 2 is 1.02 bits per heavy atom. The molecule has 1 aliphatic heterocycles. The average molecular weight is 747 g/mol. The van der Waals surface area contributed by atoms with Crippen LogP contribution in [0.5, 0.6) is 0 Å². The van der Waals surface area contributed by atoms with Gasteiger partial charge in [-0.3, -0.25) is 4.98 Å². The Morgan fingerprint density at radius 3 is 1.51 bits per heavy atom. The van der Waals surface area contributed by atoms with E-state index in [1.807, 2.05) is 36.4 Å². The van der Waals surface area contributed by atoms with Gasteiger partial charge < -0.3 is 19.8 Å². The number of fused-ring (bicyclic) bond motifs is 4. The van der Waals surface area contributed by atoms with Gasteiger partial charge in [-0.25, -0.2) is 0 Å². The van der Waals surface area contributed by atoms with E-state index in [1.165, 1.54) is 50.4 Å². The summed E-state index contributed by atoms with van der Waals surface area (Å²) in [6.07, 6.45) is 1.76. The van der Waals surface area contributed by atoms with Crippen LogP contribution in [0.15, 0.2) is 121 Å². The van der Waals surface area contributed by atoms with Crippen molar-refractivity contribution in [2.75, 3.05) is 9.80 Å². The summed E-state index contributed by atoms with van der Waals surface area (Å²) in [5.74, 6) is 2.47. The summed E-state index contributed by atoms with van der Waals surface area (Å²) in [6.45, 7) is 20.7.